The topological polar surface area (TPSA) is 111 Å². The van der Waals surface area contributed by atoms with Crippen LogP contribution in [0, 0.1) is 0 Å². The lowest BCUT2D eigenvalue weighted by molar-refractivity contribution is -0.00513. The molecule has 3 rings (SSSR count). The molecule has 3 heterocycles. The third kappa shape index (κ3) is 3.77. The van der Waals surface area contributed by atoms with Gasteiger partial charge in [-0.25, -0.2) is 4.79 Å². The Kier molecular flexibility index (Phi) is 5.54. The van der Waals surface area contributed by atoms with Crippen LogP contribution in [0.4, 0.5) is 5.82 Å². The average Bonchev–Trinajstić information content (AvgIpc) is 3.17. The minimum Gasteiger partial charge on any atom is -0.463 e. The van der Waals surface area contributed by atoms with Gasteiger partial charge in [0.1, 0.15) is 11.7 Å². The first kappa shape index (κ1) is 17.7. The second-order valence-corrected chi connectivity index (χ2v) is 6.24. The molecule has 0 unspecified atom stereocenters. The van der Waals surface area contributed by atoms with Gasteiger partial charge in [0.05, 0.1) is 6.61 Å². The highest BCUT2D eigenvalue weighted by Crippen LogP contribution is 2.20. The maximum atomic E-state index is 12.3. The minimum absolute atomic E-state index is 0.119. The zero-order chi connectivity index (χ0) is 17.8. The van der Waals surface area contributed by atoms with E-state index in [1.54, 1.807) is 11.7 Å². The standard InChI is InChI=1S/C16H26N6O3/c1-3-4-10-25-15-19-13(17)12-14(20-15)22(16(23)18-12)9-8-21-7-5-6-11(21)24-2/h11H,3-10H2,1-2H3,(H,18,23)(H2,17,19,20)/t11-/m0/s1. The number of nitrogens with one attached hydrogen (secondary N) is 1. The molecule has 0 bridgehead atoms. The minimum atomic E-state index is -0.241. The van der Waals surface area contributed by atoms with Crippen molar-refractivity contribution in [1.29, 1.82) is 0 Å². The number of nitrogens with two attached hydrogens (primary N) is 1. The lowest BCUT2D eigenvalue weighted by atomic mass is 10.4. The van der Waals surface area contributed by atoms with Crippen LogP contribution in [0.1, 0.15) is 32.6 Å². The third-order valence-corrected chi connectivity index (χ3v) is 4.55. The molecule has 9 nitrogen and oxygen atoms in total. The molecule has 0 saturated carbocycles. The largest absolute Gasteiger partial charge is 0.463 e. The van der Waals surface area contributed by atoms with Crippen molar-refractivity contribution in [1.82, 2.24) is 24.4 Å². The molecule has 0 spiro atoms. The fraction of sp³-hybridized carbons (Fsp3) is 0.688. The van der Waals surface area contributed by atoms with Crippen molar-refractivity contribution >= 4 is 17.0 Å². The SMILES string of the molecule is CCCCOc1nc(N)c2[nH]c(=O)n(CCN3CCC[C@@H]3OC)c2n1. The van der Waals surface area contributed by atoms with E-state index in [4.69, 9.17) is 15.2 Å². The van der Waals surface area contributed by atoms with E-state index in [1.165, 1.54) is 0 Å². The number of imidazole rings is 1. The fourth-order valence-corrected chi connectivity index (χ4v) is 3.16. The van der Waals surface area contributed by atoms with Crippen molar-refractivity contribution in [3.63, 3.8) is 0 Å². The number of hydrogen-bond donors (Lipinski definition) is 2. The van der Waals surface area contributed by atoms with Crippen molar-refractivity contribution in [2.24, 2.45) is 0 Å². The number of ether oxygens (including phenoxy) is 2. The number of aromatic nitrogens is 4. The molecular formula is C16H26N6O3. The average molecular weight is 350 g/mol. The third-order valence-electron chi connectivity index (χ3n) is 4.55. The molecule has 2 aromatic heterocycles. The van der Waals surface area contributed by atoms with Crippen LogP contribution in [-0.2, 0) is 11.3 Å². The van der Waals surface area contributed by atoms with Gasteiger partial charge in [-0.1, -0.05) is 13.3 Å². The summed E-state index contributed by atoms with van der Waals surface area (Å²) in [4.78, 5) is 25.8. The summed E-state index contributed by atoms with van der Waals surface area (Å²) in [6.07, 6.45) is 4.17. The van der Waals surface area contributed by atoms with Crippen molar-refractivity contribution in [2.45, 2.75) is 45.4 Å². The number of H-pyrrole nitrogens is 1. The number of methoxy groups -OCH3 is 1. The molecule has 25 heavy (non-hydrogen) atoms. The first-order chi connectivity index (χ1) is 12.1. The van der Waals surface area contributed by atoms with Crippen LogP contribution in [0.25, 0.3) is 11.2 Å². The molecule has 1 atom stereocenters. The van der Waals surface area contributed by atoms with Gasteiger partial charge in [-0.05, 0) is 19.3 Å². The second-order valence-electron chi connectivity index (χ2n) is 6.24. The van der Waals surface area contributed by atoms with Crippen LogP contribution >= 0.6 is 0 Å². The molecule has 0 amide bonds. The van der Waals surface area contributed by atoms with Gasteiger partial charge in [-0.2, -0.15) is 9.97 Å². The summed E-state index contributed by atoms with van der Waals surface area (Å²) in [5, 5.41) is 0. The molecule has 138 valence electrons. The van der Waals surface area contributed by atoms with Gasteiger partial charge in [0, 0.05) is 26.7 Å². The smallest absolute Gasteiger partial charge is 0.327 e. The first-order valence-electron chi connectivity index (χ1n) is 8.79. The highest BCUT2D eigenvalue weighted by molar-refractivity contribution is 5.81. The van der Waals surface area contributed by atoms with Crippen LogP contribution in [0.3, 0.4) is 0 Å². The number of hydrogen-bond acceptors (Lipinski definition) is 7. The number of rotatable bonds is 8. The summed E-state index contributed by atoms with van der Waals surface area (Å²) in [6, 6.07) is 0.210. The predicted octanol–water partition coefficient (Wildman–Crippen LogP) is 0.949. The van der Waals surface area contributed by atoms with E-state index in [1.807, 2.05) is 0 Å². The van der Waals surface area contributed by atoms with Crippen LogP contribution in [-0.4, -0.2) is 57.5 Å². The first-order valence-corrected chi connectivity index (χ1v) is 8.79. The summed E-state index contributed by atoms with van der Waals surface area (Å²) in [5.41, 5.74) is 6.66. The van der Waals surface area contributed by atoms with Crippen LogP contribution in [0.5, 0.6) is 6.01 Å². The molecule has 0 aliphatic carbocycles. The molecular weight excluding hydrogens is 324 g/mol. The maximum Gasteiger partial charge on any atom is 0.327 e. The number of anilines is 1. The van der Waals surface area contributed by atoms with Gasteiger partial charge in [0.2, 0.25) is 0 Å². The Balaban J connectivity index is 1.81. The summed E-state index contributed by atoms with van der Waals surface area (Å²) < 4.78 is 12.6. The summed E-state index contributed by atoms with van der Waals surface area (Å²) >= 11 is 0. The van der Waals surface area contributed by atoms with E-state index in [2.05, 4.69) is 26.8 Å². The molecule has 1 aliphatic rings. The normalized spacial score (nSPS) is 18.2. The fourth-order valence-electron chi connectivity index (χ4n) is 3.16. The highest BCUT2D eigenvalue weighted by atomic mass is 16.5. The number of unbranched alkanes of at least 4 members (excludes halogenated alkanes) is 1. The van der Waals surface area contributed by atoms with E-state index in [-0.39, 0.29) is 23.7 Å². The van der Waals surface area contributed by atoms with Crippen molar-refractivity contribution in [3.05, 3.63) is 10.5 Å². The van der Waals surface area contributed by atoms with Gasteiger partial charge >= 0.3 is 11.7 Å². The van der Waals surface area contributed by atoms with Crippen LogP contribution < -0.4 is 16.2 Å². The summed E-state index contributed by atoms with van der Waals surface area (Å²) in [5.74, 6) is 0.225. The number of fused-ring (bicyclic) bond motifs is 1. The zero-order valence-corrected chi connectivity index (χ0v) is 14.8. The van der Waals surface area contributed by atoms with Crippen LogP contribution in [0.2, 0.25) is 0 Å². The van der Waals surface area contributed by atoms with E-state index >= 15 is 0 Å². The maximum absolute atomic E-state index is 12.3. The molecule has 0 aromatic carbocycles. The molecule has 1 fully saturated rings. The van der Waals surface area contributed by atoms with Crippen molar-refractivity contribution < 1.29 is 9.47 Å². The Bertz CT molecular complexity index is 771. The Morgan fingerprint density at radius 1 is 1.36 bits per heavy atom. The van der Waals surface area contributed by atoms with E-state index in [0.29, 0.717) is 30.9 Å². The Morgan fingerprint density at radius 3 is 2.96 bits per heavy atom. The lowest BCUT2D eigenvalue weighted by Crippen LogP contribution is -2.35. The molecule has 3 N–H and O–H groups in total. The molecule has 0 radical (unpaired) electrons. The highest BCUT2D eigenvalue weighted by Gasteiger charge is 2.24. The monoisotopic (exact) mass is 350 g/mol. The van der Waals surface area contributed by atoms with E-state index in [9.17, 15) is 4.79 Å². The summed E-state index contributed by atoms with van der Waals surface area (Å²) in [6.45, 7) is 4.79. The molecule has 1 aliphatic heterocycles. The number of likely N-dealkylation sites (tertiary alicyclic amines) is 1. The van der Waals surface area contributed by atoms with Crippen molar-refractivity contribution in [3.8, 4) is 6.01 Å². The zero-order valence-electron chi connectivity index (χ0n) is 14.8. The molecule has 2 aromatic rings. The predicted molar refractivity (Wildman–Crippen MR) is 94.6 cm³/mol. The van der Waals surface area contributed by atoms with Gasteiger partial charge in [0.25, 0.3) is 0 Å². The Labute approximate surface area is 146 Å². The van der Waals surface area contributed by atoms with E-state index < -0.39 is 0 Å². The number of nitrogens with zero attached hydrogens (tertiary/aromatic N) is 4. The van der Waals surface area contributed by atoms with Gasteiger partial charge in [-0.15, -0.1) is 0 Å². The van der Waals surface area contributed by atoms with E-state index in [0.717, 1.165) is 32.2 Å². The van der Waals surface area contributed by atoms with Gasteiger partial charge < -0.3 is 20.2 Å². The summed E-state index contributed by atoms with van der Waals surface area (Å²) in [7, 11) is 1.72. The molecule has 1 saturated heterocycles. The van der Waals surface area contributed by atoms with Gasteiger partial charge in [0.15, 0.2) is 11.5 Å². The molecule has 9 heteroatoms. The van der Waals surface area contributed by atoms with Gasteiger partial charge in [-0.3, -0.25) is 9.47 Å². The second kappa shape index (κ2) is 7.83. The van der Waals surface area contributed by atoms with Crippen LogP contribution in [0.15, 0.2) is 4.79 Å². The Hall–Kier alpha value is -2.13. The quantitative estimate of drug-likeness (QED) is 0.682. The lowest BCUT2D eigenvalue weighted by Gasteiger charge is -2.22. The Morgan fingerprint density at radius 2 is 2.20 bits per heavy atom. The number of nitrogen functional groups attached to an aromatic ring is 1. The van der Waals surface area contributed by atoms with Crippen molar-refractivity contribution in [2.75, 3.05) is 32.5 Å². The number of aromatic amines is 1.